The van der Waals surface area contributed by atoms with E-state index in [9.17, 15) is 4.79 Å². The van der Waals surface area contributed by atoms with Crippen molar-refractivity contribution in [1.29, 1.82) is 0 Å². The number of carbonyl (C=O) groups excluding carboxylic acids is 1. The maximum atomic E-state index is 13.6. The molecule has 0 saturated carbocycles. The van der Waals surface area contributed by atoms with Crippen LogP contribution >= 0.6 is 23.4 Å². The van der Waals surface area contributed by atoms with Crippen LogP contribution < -0.4 is 4.74 Å². The summed E-state index contributed by atoms with van der Waals surface area (Å²) in [5, 5.41) is 1.11. The molecule has 7 heteroatoms. The number of thioether (sulfide) groups is 1. The number of hydrogen-bond acceptors (Lipinski definition) is 5. The summed E-state index contributed by atoms with van der Waals surface area (Å²) in [6, 6.07) is 16.1. The van der Waals surface area contributed by atoms with Gasteiger partial charge in [0.15, 0.2) is 0 Å². The van der Waals surface area contributed by atoms with Crippen LogP contribution in [0.4, 0.5) is 0 Å². The maximum absolute atomic E-state index is 13.6. The molecule has 0 N–H and O–H groups in total. The molecule has 0 aliphatic carbocycles. The van der Waals surface area contributed by atoms with Crippen molar-refractivity contribution in [3.63, 3.8) is 0 Å². The molecule has 2 aliphatic rings. The SMILES string of the molecule is COc1ccc(S[C@@H]2C[C@@H](C(=O)N3CCCN(C)CC3)N(Cc3cccc(Cl)c3)C2)cc1. The van der Waals surface area contributed by atoms with E-state index in [-0.39, 0.29) is 11.9 Å². The molecule has 0 spiro atoms. The number of likely N-dealkylation sites (tertiary alicyclic amines) is 1. The number of ether oxygens (including phenoxy) is 1. The maximum Gasteiger partial charge on any atom is 0.240 e. The summed E-state index contributed by atoms with van der Waals surface area (Å²) >= 11 is 8.09. The molecule has 2 aliphatic heterocycles. The Morgan fingerprint density at radius 2 is 1.94 bits per heavy atom. The molecule has 32 heavy (non-hydrogen) atoms. The van der Waals surface area contributed by atoms with Crippen molar-refractivity contribution in [3.8, 4) is 5.75 Å². The number of rotatable bonds is 6. The van der Waals surface area contributed by atoms with E-state index < -0.39 is 0 Å². The number of nitrogens with zero attached hydrogens (tertiary/aromatic N) is 3. The minimum Gasteiger partial charge on any atom is -0.497 e. The lowest BCUT2D eigenvalue weighted by Crippen LogP contribution is -2.46. The highest BCUT2D eigenvalue weighted by atomic mass is 35.5. The third kappa shape index (κ3) is 5.98. The molecule has 2 fully saturated rings. The zero-order chi connectivity index (χ0) is 22.5. The Bertz CT molecular complexity index is 910. The van der Waals surface area contributed by atoms with Crippen molar-refractivity contribution >= 4 is 29.3 Å². The van der Waals surface area contributed by atoms with Crippen molar-refractivity contribution in [2.24, 2.45) is 0 Å². The van der Waals surface area contributed by atoms with Crippen molar-refractivity contribution < 1.29 is 9.53 Å². The number of methoxy groups -OCH3 is 1. The average molecular weight is 474 g/mol. The monoisotopic (exact) mass is 473 g/mol. The molecule has 2 heterocycles. The van der Waals surface area contributed by atoms with E-state index in [1.807, 2.05) is 42.1 Å². The predicted octanol–water partition coefficient (Wildman–Crippen LogP) is 4.25. The Labute approximate surface area is 200 Å². The van der Waals surface area contributed by atoms with Gasteiger partial charge in [0.1, 0.15) is 5.75 Å². The van der Waals surface area contributed by atoms with Crippen LogP contribution in [0, 0.1) is 0 Å². The second-order valence-corrected chi connectivity index (χ2v) is 10.5. The van der Waals surface area contributed by atoms with Crippen molar-refractivity contribution in [2.75, 3.05) is 46.9 Å². The molecular weight excluding hydrogens is 442 g/mol. The highest BCUT2D eigenvalue weighted by Gasteiger charge is 2.39. The van der Waals surface area contributed by atoms with Crippen molar-refractivity contribution in [1.82, 2.24) is 14.7 Å². The smallest absolute Gasteiger partial charge is 0.240 e. The zero-order valence-corrected chi connectivity index (χ0v) is 20.4. The minimum absolute atomic E-state index is 0.0897. The van der Waals surface area contributed by atoms with E-state index in [1.54, 1.807) is 7.11 Å². The van der Waals surface area contributed by atoms with Crippen molar-refractivity contribution in [2.45, 2.75) is 35.6 Å². The normalized spacial score (nSPS) is 22.7. The molecule has 2 aromatic rings. The van der Waals surface area contributed by atoms with Gasteiger partial charge < -0.3 is 14.5 Å². The fourth-order valence-corrected chi connectivity index (χ4v) is 6.01. The Morgan fingerprint density at radius 3 is 2.69 bits per heavy atom. The van der Waals surface area contributed by atoms with E-state index in [0.29, 0.717) is 5.25 Å². The summed E-state index contributed by atoms with van der Waals surface area (Å²) < 4.78 is 5.28. The molecule has 0 unspecified atom stereocenters. The Morgan fingerprint density at radius 1 is 1.12 bits per heavy atom. The van der Waals surface area contributed by atoms with Gasteiger partial charge >= 0.3 is 0 Å². The average Bonchev–Trinajstić information content (AvgIpc) is 3.04. The van der Waals surface area contributed by atoms with Gasteiger partial charge in [0.2, 0.25) is 5.91 Å². The highest BCUT2D eigenvalue weighted by Crippen LogP contribution is 2.35. The Balaban J connectivity index is 1.49. The molecule has 4 rings (SSSR count). The second-order valence-electron chi connectivity index (χ2n) is 8.71. The third-order valence-electron chi connectivity index (χ3n) is 6.32. The minimum atomic E-state index is -0.0897. The van der Waals surface area contributed by atoms with Crippen LogP contribution in [0.1, 0.15) is 18.4 Å². The molecule has 0 radical (unpaired) electrons. The first kappa shape index (κ1) is 23.4. The highest BCUT2D eigenvalue weighted by molar-refractivity contribution is 8.00. The van der Waals surface area contributed by atoms with Crippen LogP contribution in [0.5, 0.6) is 5.75 Å². The zero-order valence-electron chi connectivity index (χ0n) is 18.9. The summed E-state index contributed by atoms with van der Waals surface area (Å²) in [7, 11) is 3.82. The first-order valence-electron chi connectivity index (χ1n) is 11.3. The van der Waals surface area contributed by atoms with Gasteiger partial charge in [-0.05, 0) is 68.4 Å². The summed E-state index contributed by atoms with van der Waals surface area (Å²) in [6.07, 6.45) is 1.90. The lowest BCUT2D eigenvalue weighted by molar-refractivity contribution is -0.136. The van der Waals surface area contributed by atoms with Gasteiger partial charge in [-0.15, -0.1) is 11.8 Å². The van der Waals surface area contributed by atoms with Gasteiger partial charge in [0, 0.05) is 47.9 Å². The van der Waals surface area contributed by atoms with E-state index >= 15 is 0 Å². The number of likely N-dealkylation sites (N-methyl/N-ethyl adjacent to an activating group) is 1. The van der Waals surface area contributed by atoms with Gasteiger partial charge in [-0.25, -0.2) is 0 Å². The number of hydrogen-bond donors (Lipinski definition) is 0. The van der Waals surface area contributed by atoms with Gasteiger partial charge in [-0.1, -0.05) is 23.7 Å². The predicted molar refractivity (Wildman–Crippen MR) is 132 cm³/mol. The molecule has 2 saturated heterocycles. The fraction of sp³-hybridized carbons (Fsp3) is 0.480. The van der Waals surface area contributed by atoms with Crippen LogP contribution in [0.3, 0.4) is 0 Å². The lowest BCUT2D eigenvalue weighted by atomic mass is 10.1. The first-order valence-corrected chi connectivity index (χ1v) is 12.5. The summed E-state index contributed by atoms with van der Waals surface area (Å²) in [5.41, 5.74) is 1.15. The summed E-state index contributed by atoms with van der Waals surface area (Å²) in [4.78, 5) is 21.6. The van der Waals surface area contributed by atoms with Gasteiger partial charge in [-0.3, -0.25) is 9.69 Å². The molecule has 2 atom stereocenters. The van der Waals surface area contributed by atoms with Crippen LogP contribution in [0.2, 0.25) is 5.02 Å². The van der Waals surface area contributed by atoms with E-state index in [1.165, 1.54) is 4.90 Å². The number of carbonyl (C=O) groups is 1. The third-order valence-corrected chi connectivity index (χ3v) is 7.77. The van der Waals surface area contributed by atoms with Gasteiger partial charge in [0.05, 0.1) is 13.2 Å². The van der Waals surface area contributed by atoms with Crippen LogP contribution in [0.25, 0.3) is 0 Å². The van der Waals surface area contributed by atoms with Gasteiger partial charge in [0.25, 0.3) is 0 Å². The lowest BCUT2D eigenvalue weighted by Gasteiger charge is -2.29. The van der Waals surface area contributed by atoms with Crippen LogP contribution in [0.15, 0.2) is 53.4 Å². The number of benzene rings is 2. The molecule has 2 aromatic carbocycles. The molecule has 1 amide bonds. The quantitative estimate of drug-likeness (QED) is 0.626. The standard InChI is InChI=1S/C25H32ClN3O2S/c1-27-11-4-12-28(14-13-27)25(30)24-16-23(32-22-9-7-21(31-2)8-10-22)18-29(24)17-19-5-3-6-20(26)15-19/h3,5-10,15,23-24H,4,11-14,16-18H2,1-2H3/t23-,24+/m1/s1. The number of amides is 1. The molecule has 0 aromatic heterocycles. The van der Waals surface area contributed by atoms with Crippen LogP contribution in [-0.2, 0) is 11.3 Å². The topological polar surface area (TPSA) is 36.0 Å². The number of halogens is 1. The summed E-state index contributed by atoms with van der Waals surface area (Å²) in [6.45, 7) is 5.28. The van der Waals surface area contributed by atoms with E-state index in [2.05, 4.69) is 39.9 Å². The first-order chi connectivity index (χ1) is 15.5. The van der Waals surface area contributed by atoms with Gasteiger partial charge in [-0.2, -0.15) is 0 Å². The largest absolute Gasteiger partial charge is 0.497 e. The Hall–Kier alpha value is -1.73. The molecule has 5 nitrogen and oxygen atoms in total. The molecular formula is C25H32ClN3O2S. The second kappa shape index (κ2) is 10.9. The summed E-state index contributed by atoms with van der Waals surface area (Å²) in [5.74, 6) is 1.14. The van der Waals surface area contributed by atoms with E-state index in [4.69, 9.17) is 16.3 Å². The van der Waals surface area contributed by atoms with E-state index in [0.717, 1.165) is 68.4 Å². The van der Waals surface area contributed by atoms with Crippen LogP contribution in [-0.4, -0.2) is 78.8 Å². The Kier molecular flexibility index (Phi) is 8.00. The molecule has 0 bridgehead atoms. The van der Waals surface area contributed by atoms with Crippen molar-refractivity contribution in [3.05, 3.63) is 59.1 Å². The molecule has 172 valence electrons. The fourth-order valence-electron chi connectivity index (χ4n) is 4.57.